The minimum atomic E-state index is -0.414. The summed E-state index contributed by atoms with van der Waals surface area (Å²) in [7, 11) is 1.55. The number of hydrogen-bond donors (Lipinski definition) is 0. The molecule has 162 valence electrons. The zero-order valence-electron chi connectivity index (χ0n) is 17.4. The Morgan fingerprint density at radius 2 is 2.12 bits per heavy atom. The number of fused-ring (bicyclic) bond motifs is 1. The summed E-state index contributed by atoms with van der Waals surface area (Å²) >= 11 is 0. The third-order valence-corrected chi connectivity index (χ3v) is 5.25. The number of aryl methyl sites for hydroxylation is 1. The molecule has 1 atom stereocenters. The lowest BCUT2D eigenvalue weighted by Crippen LogP contribution is -2.23. The molecule has 1 aliphatic rings. The van der Waals surface area contributed by atoms with E-state index in [4.69, 9.17) is 14.5 Å². The van der Waals surface area contributed by atoms with Crippen molar-refractivity contribution in [2.24, 2.45) is 0 Å². The van der Waals surface area contributed by atoms with Gasteiger partial charge in [0.25, 0.3) is 5.69 Å². The van der Waals surface area contributed by atoms with Gasteiger partial charge in [0.15, 0.2) is 5.82 Å². The molecule has 32 heavy (non-hydrogen) atoms. The number of imidazole rings is 1. The number of nitrogens with zero attached hydrogens (tertiary/aromatic N) is 7. The van der Waals surface area contributed by atoms with Crippen LogP contribution in [0.2, 0.25) is 0 Å². The standard InChI is InChI=1S/C21H19N7O4/c1-13-9-26(11-22-13)18-7-6-17(23-21(18)31-2)19-24-20-16(10-32-12-27(20)25-19)14-4-3-5-15(8-14)28(29)30/h3-9,11,16H,10,12H2,1-2H3. The normalized spacial score (nSPS) is 15.4. The minimum absolute atomic E-state index is 0.0242. The molecule has 0 saturated heterocycles. The van der Waals surface area contributed by atoms with Gasteiger partial charge in [-0.25, -0.2) is 19.6 Å². The highest BCUT2D eigenvalue weighted by Crippen LogP contribution is 2.31. The molecule has 4 heterocycles. The molecule has 4 aromatic rings. The molecule has 0 bridgehead atoms. The number of nitro groups is 1. The van der Waals surface area contributed by atoms with Crippen molar-refractivity contribution in [1.82, 2.24) is 29.3 Å². The fourth-order valence-corrected chi connectivity index (χ4v) is 3.70. The van der Waals surface area contributed by atoms with Crippen LogP contribution in [0, 0.1) is 17.0 Å². The van der Waals surface area contributed by atoms with Gasteiger partial charge in [-0.3, -0.25) is 10.1 Å². The van der Waals surface area contributed by atoms with E-state index in [1.54, 1.807) is 30.3 Å². The molecule has 0 N–H and O–H groups in total. The van der Waals surface area contributed by atoms with Crippen LogP contribution in [0.1, 0.15) is 23.0 Å². The third-order valence-electron chi connectivity index (χ3n) is 5.25. The summed E-state index contributed by atoms with van der Waals surface area (Å²) in [5, 5.41) is 15.7. The highest BCUT2D eigenvalue weighted by atomic mass is 16.6. The largest absolute Gasteiger partial charge is 0.479 e. The molecular weight excluding hydrogens is 414 g/mol. The fourth-order valence-electron chi connectivity index (χ4n) is 3.70. The highest BCUT2D eigenvalue weighted by molar-refractivity contribution is 5.55. The molecule has 0 aliphatic carbocycles. The van der Waals surface area contributed by atoms with Crippen LogP contribution in [0.4, 0.5) is 5.69 Å². The summed E-state index contributed by atoms with van der Waals surface area (Å²) in [6.07, 6.45) is 3.58. The number of methoxy groups -OCH3 is 1. The molecule has 1 aliphatic heterocycles. The van der Waals surface area contributed by atoms with Gasteiger partial charge in [-0.2, -0.15) is 0 Å². The predicted octanol–water partition coefficient (Wildman–Crippen LogP) is 2.87. The zero-order valence-corrected chi connectivity index (χ0v) is 17.4. The van der Waals surface area contributed by atoms with Crippen LogP contribution in [0.5, 0.6) is 5.88 Å². The first-order valence-corrected chi connectivity index (χ1v) is 9.86. The average molecular weight is 433 g/mol. The van der Waals surface area contributed by atoms with Crippen LogP contribution in [0.3, 0.4) is 0 Å². The Morgan fingerprint density at radius 1 is 1.25 bits per heavy atom. The van der Waals surface area contributed by atoms with Crippen molar-refractivity contribution in [3.05, 3.63) is 76.1 Å². The first kappa shape index (κ1) is 19.8. The van der Waals surface area contributed by atoms with Crippen molar-refractivity contribution in [3.63, 3.8) is 0 Å². The van der Waals surface area contributed by atoms with Crippen LogP contribution in [0.15, 0.2) is 48.9 Å². The van der Waals surface area contributed by atoms with E-state index in [9.17, 15) is 10.1 Å². The van der Waals surface area contributed by atoms with E-state index >= 15 is 0 Å². The number of aromatic nitrogens is 6. The Hall–Kier alpha value is -4.12. The van der Waals surface area contributed by atoms with Gasteiger partial charge in [0.05, 0.1) is 36.6 Å². The summed E-state index contributed by atoms with van der Waals surface area (Å²) in [6, 6.07) is 10.2. The van der Waals surface area contributed by atoms with Gasteiger partial charge in [-0.15, -0.1) is 5.10 Å². The number of benzene rings is 1. The topological polar surface area (TPSA) is 123 Å². The van der Waals surface area contributed by atoms with Gasteiger partial charge in [-0.05, 0) is 24.6 Å². The van der Waals surface area contributed by atoms with Crippen LogP contribution in [-0.2, 0) is 11.5 Å². The van der Waals surface area contributed by atoms with Crippen molar-refractivity contribution in [1.29, 1.82) is 0 Å². The van der Waals surface area contributed by atoms with Crippen LogP contribution < -0.4 is 4.74 Å². The van der Waals surface area contributed by atoms with E-state index in [1.807, 2.05) is 35.9 Å². The Labute approximate surface area is 182 Å². The molecule has 0 spiro atoms. The van der Waals surface area contributed by atoms with E-state index in [2.05, 4.69) is 15.1 Å². The van der Waals surface area contributed by atoms with Gasteiger partial charge in [0.1, 0.15) is 23.9 Å². The lowest BCUT2D eigenvalue weighted by Gasteiger charge is -2.22. The molecule has 1 unspecified atom stereocenters. The summed E-state index contributed by atoms with van der Waals surface area (Å²) in [6.45, 7) is 2.51. The summed E-state index contributed by atoms with van der Waals surface area (Å²) in [5.41, 5.74) is 2.94. The van der Waals surface area contributed by atoms with Crippen molar-refractivity contribution < 1.29 is 14.4 Å². The van der Waals surface area contributed by atoms with E-state index in [-0.39, 0.29) is 18.3 Å². The monoisotopic (exact) mass is 433 g/mol. The lowest BCUT2D eigenvalue weighted by molar-refractivity contribution is -0.384. The average Bonchev–Trinajstić information content (AvgIpc) is 3.44. The smallest absolute Gasteiger partial charge is 0.269 e. The van der Waals surface area contributed by atoms with E-state index < -0.39 is 4.92 Å². The van der Waals surface area contributed by atoms with Crippen molar-refractivity contribution >= 4 is 5.69 Å². The summed E-state index contributed by atoms with van der Waals surface area (Å²) in [5.74, 6) is 1.23. The molecule has 11 nitrogen and oxygen atoms in total. The molecule has 5 rings (SSSR count). The van der Waals surface area contributed by atoms with E-state index in [0.717, 1.165) is 16.9 Å². The van der Waals surface area contributed by atoms with Crippen molar-refractivity contribution in [2.45, 2.75) is 19.6 Å². The Bertz CT molecular complexity index is 1310. The number of rotatable bonds is 5. The minimum Gasteiger partial charge on any atom is -0.479 e. The van der Waals surface area contributed by atoms with Gasteiger partial charge in [-0.1, -0.05) is 12.1 Å². The molecule has 0 saturated carbocycles. The zero-order chi connectivity index (χ0) is 22.2. The number of hydrogen-bond acceptors (Lipinski definition) is 8. The second-order valence-electron chi connectivity index (χ2n) is 7.34. The number of pyridine rings is 1. The van der Waals surface area contributed by atoms with Gasteiger partial charge in [0.2, 0.25) is 5.88 Å². The number of nitro benzene ring substituents is 1. The van der Waals surface area contributed by atoms with E-state index in [0.29, 0.717) is 29.8 Å². The molecule has 11 heteroatoms. The maximum absolute atomic E-state index is 11.2. The second-order valence-corrected chi connectivity index (χ2v) is 7.34. The predicted molar refractivity (Wildman–Crippen MR) is 113 cm³/mol. The number of ether oxygens (including phenoxy) is 2. The van der Waals surface area contributed by atoms with E-state index in [1.165, 1.54) is 6.07 Å². The molecule has 0 amide bonds. The Morgan fingerprint density at radius 3 is 2.88 bits per heavy atom. The summed E-state index contributed by atoms with van der Waals surface area (Å²) in [4.78, 5) is 24.3. The van der Waals surface area contributed by atoms with Crippen molar-refractivity contribution in [2.75, 3.05) is 13.7 Å². The first-order chi connectivity index (χ1) is 15.5. The fraction of sp³-hybridized carbons (Fsp3) is 0.238. The molecule has 1 aromatic carbocycles. The quantitative estimate of drug-likeness (QED) is 0.348. The van der Waals surface area contributed by atoms with Crippen LogP contribution in [0.25, 0.3) is 17.2 Å². The van der Waals surface area contributed by atoms with Gasteiger partial charge < -0.3 is 14.0 Å². The third kappa shape index (κ3) is 3.48. The highest BCUT2D eigenvalue weighted by Gasteiger charge is 2.28. The SMILES string of the molecule is COc1nc(-c2nc3n(n2)COCC3c2cccc([N+](=O)[O-])c2)ccc1-n1cnc(C)c1. The van der Waals surface area contributed by atoms with Crippen LogP contribution >= 0.6 is 0 Å². The molecule has 0 radical (unpaired) electrons. The lowest BCUT2D eigenvalue weighted by atomic mass is 9.98. The maximum atomic E-state index is 11.2. The van der Waals surface area contributed by atoms with Crippen LogP contribution in [-0.4, -0.2) is 47.9 Å². The Balaban J connectivity index is 1.52. The second kappa shape index (κ2) is 7.85. The van der Waals surface area contributed by atoms with Gasteiger partial charge in [0, 0.05) is 18.3 Å². The Kier molecular flexibility index (Phi) is 4.86. The summed E-state index contributed by atoms with van der Waals surface area (Å²) < 4.78 is 14.7. The maximum Gasteiger partial charge on any atom is 0.269 e. The van der Waals surface area contributed by atoms with Crippen molar-refractivity contribution in [3.8, 4) is 23.1 Å². The first-order valence-electron chi connectivity index (χ1n) is 9.86. The van der Waals surface area contributed by atoms with Gasteiger partial charge >= 0.3 is 0 Å². The molecule has 0 fully saturated rings. The molecular formula is C21H19N7O4. The molecule has 3 aromatic heterocycles. The number of non-ortho nitro benzene ring substituents is 1.